The van der Waals surface area contributed by atoms with E-state index in [1.807, 2.05) is 0 Å². The van der Waals surface area contributed by atoms with Gasteiger partial charge >= 0.3 is 6.18 Å². The number of hydrogen-bond acceptors (Lipinski definition) is 2. The summed E-state index contributed by atoms with van der Waals surface area (Å²) in [6, 6.07) is 5.76. The number of guanidine groups is 1. The fraction of sp³-hybridized carbons (Fsp3) is 0.632. The van der Waals surface area contributed by atoms with E-state index in [4.69, 9.17) is 0 Å². The second-order valence-corrected chi connectivity index (χ2v) is 7.10. The zero-order chi connectivity index (χ0) is 19.2. The van der Waals surface area contributed by atoms with Gasteiger partial charge in [-0.1, -0.05) is 12.1 Å². The molecule has 0 spiro atoms. The highest BCUT2D eigenvalue weighted by atomic mass is 127. The second-order valence-electron chi connectivity index (χ2n) is 7.10. The van der Waals surface area contributed by atoms with Crippen molar-refractivity contribution in [2.45, 2.75) is 45.5 Å². The van der Waals surface area contributed by atoms with Gasteiger partial charge in [0.15, 0.2) is 5.96 Å². The smallest absolute Gasteiger partial charge is 0.356 e. The first kappa shape index (κ1) is 24.0. The van der Waals surface area contributed by atoms with E-state index in [-0.39, 0.29) is 24.0 Å². The molecule has 0 aromatic heterocycles. The maximum Gasteiger partial charge on any atom is 0.416 e. The average Bonchev–Trinajstić information content (AvgIpc) is 2.61. The standard InChI is InChI=1S/C19H29F3N4.HI/c1-14(2)26-10-4-5-16(13-26)12-25-18(23-3)24-11-15-6-8-17(9-7-15)19(20,21)22;/h6-9,14,16H,4-5,10-13H2,1-3H3,(H2,23,24,25);1H. The van der Waals surface area contributed by atoms with Gasteiger partial charge in [-0.15, -0.1) is 24.0 Å². The van der Waals surface area contributed by atoms with Crippen LogP contribution in [-0.2, 0) is 12.7 Å². The maximum atomic E-state index is 12.6. The molecule has 0 bridgehead atoms. The van der Waals surface area contributed by atoms with Crippen LogP contribution in [0.1, 0.15) is 37.8 Å². The van der Waals surface area contributed by atoms with Crippen molar-refractivity contribution < 1.29 is 13.2 Å². The van der Waals surface area contributed by atoms with E-state index in [0.29, 0.717) is 24.5 Å². The summed E-state index contributed by atoms with van der Waals surface area (Å²) in [4.78, 5) is 6.69. The third-order valence-electron chi connectivity index (χ3n) is 4.80. The molecule has 1 aliphatic heterocycles. The highest BCUT2D eigenvalue weighted by Crippen LogP contribution is 2.29. The first-order chi connectivity index (χ1) is 12.3. The Morgan fingerprint density at radius 2 is 1.89 bits per heavy atom. The van der Waals surface area contributed by atoms with Gasteiger partial charge < -0.3 is 15.5 Å². The lowest BCUT2D eigenvalue weighted by Gasteiger charge is -2.35. The van der Waals surface area contributed by atoms with Gasteiger partial charge in [-0.3, -0.25) is 4.99 Å². The van der Waals surface area contributed by atoms with Crippen LogP contribution in [-0.4, -0.2) is 43.6 Å². The number of piperidine rings is 1. The molecule has 1 atom stereocenters. The van der Waals surface area contributed by atoms with E-state index < -0.39 is 11.7 Å². The van der Waals surface area contributed by atoms with E-state index in [2.05, 4.69) is 34.4 Å². The van der Waals surface area contributed by atoms with E-state index in [0.717, 1.165) is 37.3 Å². The van der Waals surface area contributed by atoms with Crippen molar-refractivity contribution in [2.24, 2.45) is 10.9 Å². The molecule has 2 rings (SSSR count). The predicted octanol–water partition coefficient (Wildman–Crippen LogP) is 4.11. The maximum absolute atomic E-state index is 12.6. The number of rotatable bonds is 5. The summed E-state index contributed by atoms with van der Waals surface area (Å²) in [6.07, 6.45) is -1.89. The molecule has 0 saturated carbocycles. The molecule has 2 N–H and O–H groups in total. The molecule has 1 fully saturated rings. The molecule has 27 heavy (non-hydrogen) atoms. The minimum atomic E-state index is -4.30. The van der Waals surface area contributed by atoms with Crippen molar-refractivity contribution >= 4 is 29.9 Å². The number of alkyl halides is 3. The molecule has 1 aromatic carbocycles. The molecule has 1 aliphatic rings. The van der Waals surface area contributed by atoms with Gasteiger partial charge in [-0.05, 0) is 56.8 Å². The van der Waals surface area contributed by atoms with Gasteiger partial charge in [0.2, 0.25) is 0 Å². The van der Waals surface area contributed by atoms with Crippen molar-refractivity contribution in [1.29, 1.82) is 0 Å². The van der Waals surface area contributed by atoms with Crippen LogP contribution in [0.15, 0.2) is 29.3 Å². The highest BCUT2D eigenvalue weighted by Gasteiger charge is 2.29. The molecule has 1 unspecified atom stereocenters. The van der Waals surface area contributed by atoms with Crippen molar-refractivity contribution in [3.63, 3.8) is 0 Å². The van der Waals surface area contributed by atoms with Crippen molar-refractivity contribution in [3.05, 3.63) is 35.4 Å². The lowest BCUT2D eigenvalue weighted by atomic mass is 9.97. The third kappa shape index (κ3) is 7.85. The minimum Gasteiger partial charge on any atom is -0.356 e. The largest absolute Gasteiger partial charge is 0.416 e. The Bertz CT molecular complexity index is 588. The van der Waals surface area contributed by atoms with Crippen LogP contribution in [0.5, 0.6) is 0 Å². The number of aliphatic imine (C=N–C) groups is 1. The summed E-state index contributed by atoms with van der Waals surface area (Å²) in [6.45, 7) is 7.97. The zero-order valence-corrected chi connectivity index (χ0v) is 18.5. The van der Waals surface area contributed by atoms with Gasteiger partial charge in [0.05, 0.1) is 5.56 Å². The predicted molar refractivity (Wildman–Crippen MR) is 114 cm³/mol. The molecule has 0 radical (unpaired) electrons. The topological polar surface area (TPSA) is 39.7 Å². The average molecular weight is 498 g/mol. The molecular weight excluding hydrogens is 468 g/mol. The van der Waals surface area contributed by atoms with E-state index >= 15 is 0 Å². The molecule has 0 amide bonds. The fourth-order valence-electron chi connectivity index (χ4n) is 3.19. The summed E-state index contributed by atoms with van der Waals surface area (Å²) in [7, 11) is 1.70. The first-order valence-corrected chi connectivity index (χ1v) is 9.14. The molecule has 154 valence electrons. The summed E-state index contributed by atoms with van der Waals surface area (Å²) in [5, 5.41) is 6.50. The number of benzene rings is 1. The zero-order valence-electron chi connectivity index (χ0n) is 16.1. The van der Waals surface area contributed by atoms with Gasteiger partial charge in [0, 0.05) is 32.7 Å². The number of nitrogens with zero attached hydrogens (tertiary/aromatic N) is 2. The van der Waals surface area contributed by atoms with Crippen LogP contribution in [0.3, 0.4) is 0 Å². The molecule has 4 nitrogen and oxygen atoms in total. The number of nitrogens with one attached hydrogen (secondary N) is 2. The Kier molecular flexibility index (Phi) is 9.86. The van der Waals surface area contributed by atoms with Crippen LogP contribution in [0, 0.1) is 5.92 Å². The van der Waals surface area contributed by atoms with E-state index in [1.54, 1.807) is 7.05 Å². The highest BCUT2D eigenvalue weighted by molar-refractivity contribution is 14.0. The van der Waals surface area contributed by atoms with Gasteiger partial charge in [-0.2, -0.15) is 13.2 Å². The normalized spacial score (nSPS) is 18.9. The van der Waals surface area contributed by atoms with E-state index in [9.17, 15) is 13.2 Å². The molecule has 1 aromatic rings. The first-order valence-electron chi connectivity index (χ1n) is 9.14. The SMILES string of the molecule is CN=C(NCc1ccc(C(F)(F)F)cc1)NCC1CCCN(C(C)C)C1.I. The van der Waals surface area contributed by atoms with Crippen LogP contribution in [0.2, 0.25) is 0 Å². The monoisotopic (exact) mass is 498 g/mol. The van der Waals surface area contributed by atoms with Crippen LogP contribution in [0.4, 0.5) is 13.2 Å². The van der Waals surface area contributed by atoms with Crippen LogP contribution < -0.4 is 10.6 Å². The lowest BCUT2D eigenvalue weighted by molar-refractivity contribution is -0.137. The third-order valence-corrected chi connectivity index (χ3v) is 4.80. The summed E-state index contributed by atoms with van der Waals surface area (Å²) in [5.74, 6) is 1.25. The van der Waals surface area contributed by atoms with Gasteiger partial charge in [0.25, 0.3) is 0 Å². The number of halogens is 4. The number of hydrogen-bond donors (Lipinski definition) is 2. The Hall–Kier alpha value is -1.03. The van der Waals surface area contributed by atoms with Crippen molar-refractivity contribution in [1.82, 2.24) is 15.5 Å². The lowest BCUT2D eigenvalue weighted by Crippen LogP contribution is -2.45. The van der Waals surface area contributed by atoms with Gasteiger partial charge in [-0.25, -0.2) is 0 Å². The Morgan fingerprint density at radius 1 is 1.22 bits per heavy atom. The summed E-state index contributed by atoms with van der Waals surface area (Å²) >= 11 is 0. The molecule has 1 heterocycles. The van der Waals surface area contributed by atoms with Gasteiger partial charge in [0.1, 0.15) is 0 Å². The minimum absolute atomic E-state index is 0. The molecule has 0 aliphatic carbocycles. The number of likely N-dealkylation sites (tertiary alicyclic amines) is 1. The summed E-state index contributed by atoms with van der Waals surface area (Å²) < 4.78 is 37.8. The fourth-order valence-corrected chi connectivity index (χ4v) is 3.19. The molecule has 8 heteroatoms. The molecular formula is C19H30F3IN4. The van der Waals surface area contributed by atoms with E-state index in [1.165, 1.54) is 25.0 Å². The quantitative estimate of drug-likeness (QED) is 0.365. The van der Waals surface area contributed by atoms with Crippen molar-refractivity contribution in [3.8, 4) is 0 Å². The molecule has 1 saturated heterocycles. The Balaban J connectivity index is 0.00000364. The van der Waals surface area contributed by atoms with Crippen LogP contribution in [0.25, 0.3) is 0 Å². The summed E-state index contributed by atoms with van der Waals surface area (Å²) in [5.41, 5.74) is 0.153. The van der Waals surface area contributed by atoms with Crippen LogP contribution >= 0.6 is 24.0 Å². The Morgan fingerprint density at radius 3 is 2.44 bits per heavy atom. The second kappa shape index (κ2) is 11.1. The Labute approximate surface area is 177 Å². The van der Waals surface area contributed by atoms with Crippen molar-refractivity contribution in [2.75, 3.05) is 26.7 Å².